The van der Waals surface area contributed by atoms with Gasteiger partial charge in [-0.15, -0.1) is 0 Å². The van der Waals surface area contributed by atoms with E-state index in [1.807, 2.05) is 13.0 Å². The maximum Gasteiger partial charge on any atom is 0.262 e. The SMILES string of the molecule is Cc1ccc(-c2sc(NC[C@H](C)C3CCCCC3)nc2C)cc1S(=O)(=O)Nc1ccc(F)c(Cl)c1. The number of rotatable bonds is 8. The molecule has 0 radical (unpaired) electrons. The van der Waals surface area contributed by atoms with Crippen molar-refractivity contribution in [1.29, 1.82) is 0 Å². The normalized spacial score (nSPS) is 15.7. The van der Waals surface area contributed by atoms with Crippen LogP contribution >= 0.6 is 22.9 Å². The van der Waals surface area contributed by atoms with Crippen molar-refractivity contribution in [3.05, 3.63) is 58.5 Å². The molecule has 4 rings (SSSR count). The highest BCUT2D eigenvalue weighted by Crippen LogP contribution is 2.36. The molecular formula is C26H31ClFN3O2S2. The maximum atomic E-state index is 13.5. The molecule has 1 atom stereocenters. The number of nitrogens with one attached hydrogen (secondary N) is 2. The summed E-state index contributed by atoms with van der Waals surface area (Å²) in [4.78, 5) is 5.78. The molecule has 0 unspecified atom stereocenters. The van der Waals surface area contributed by atoms with E-state index in [-0.39, 0.29) is 15.6 Å². The van der Waals surface area contributed by atoms with Crippen LogP contribution in [-0.4, -0.2) is 19.9 Å². The number of anilines is 2. The van der Waals surface area contributed by atoms with Crippen LogP contribution in [0.15, 0.2) is 41.3 Å². The smallest absolute Gasteiger partial charge is 0.262 e. The molecule has 1 aliphatic carbocycles. The Morgan fingerprint density at radius 2 is 1.89 bits per heavy atom. The quantitative estimate of drug-likeness (QED) is 0.311. The highest BCUT2D eigenvalue weighted by Gasteiger charge is 2.22. The minimum Gasteiger partial charge on any atom is -0.361 e. The van der Waals surface area contributed by atoms with Crippen LogP contribution in [0.2, 0.25) is 5.02 Å². The lowest BCUT2D eigenvalue weighted by Gasteiger charge is -2.27. The first kappa shape index (κ1) is 25.9. The molecule has 5 nitrogen and oxygen atoms in total. The molecule has 1 aliphatic rings. The van der Waals surface area contributed by atoms with Gasteiger partial charge in [0.25, 0.3) is 10.0 Å². The van der Waals surface area contributed by atoms with Gasteiger partial charge < -0.3 is 5.32 Å². The summed E-state index contributed by atoms with van der Waals surface area (Å²) < 4.78 is 42.3. The van der Waals surface area contributed by atoms with Crippen molar-refractivity contribution in [3.8, 4) is 10.4 Å². The Kier molecular flexibility index (Phi) is 8.03. The van der Waals surface area contributed by atoms with Crippen LogP contribution in [0.5, 0.6) is 0 Å². The largest absolute Gasteiger partial charge is 0.361 e. The van der Waals surface area contributed by atoms with E-state index in [4.69, 9.17) is 16.6 Å². The number of benzene rings is 2. The van der Waals surface area contributed by atoms with Crippen molar-refractivity contribution in [1.82, 2.24) is 4.98 Å². The zero-order valence-electron chi connectivity index (χ0n) is 20.2. The average molecular weight is 536 g/mol. The van der Waals surface area contributed by atoms with Gasteiger partial charge in [-0.05, 0) is 61.1 Å². The van der Waals surface area contributed by atoms with Crippen LogP contribution in [0.3, 0.4) is 0 Å². The van der Waals surface area contributed by atoms with Gasteiger partial charge in [0.15, 0.2) is 5.13 Å². The zero-order valence-corrected chi connectivity index (χ0v) is 22.6. The lowest BCUT2D eigenvalue weighted by atomic mass is 9.81. The number of hydrogen-bond acceptors (Lipinski definition) is 5. The maximum absolute atomic E-state index is 13.5. The minimum atomic E-state index is -3.91. The van der Waals surface area contributed by atoms with Crippen molar-refractivity contribution in [2.75, 3.05) is 16.6 Å². The number of aromatic nitrogens is 1. The summed E-state index contributed by atoms with van der Waals surface area (Å²) in [6.07, 6.45) is 6.63. The molecule has 0 bridgehead atoms. The van der Waals surface area contributed by atoms with Gasteiger partial charge in [0.05, 0.1) is 26.2 Å². The van der Waals surface area contributed by atoms with Gasteiger partial charge in [0.1, 0.15) is 5.82 Å². The van der Waals surface area contributed by atoms with E-state index in [9.17, 15) is 12.8 Å². The van der Waals surface area contributed by atoms with Gasteiger partial charge in [-0.25, -0.2) is 17.8 Å². The fourth-order valence-corrected chi connectivity index (χ4v) is 7.13. The molecule has 1 fully saturated rings. The molecule has 2 N–H and O–H groups in total. The van der Waals surface area contributed by atoms with Gasteiger partial charge >= 0.3 is 0 Å². The molecule has 2 aromatic carbocycles. The molecule has 1 saturated carbocycles. The molecule has 0 saturated heterocycles. The molecule has 0 amide bonds. The van der Waals surface area contributed by atoms with Crippen LogP contribution in [0.4, 0.5) is 15.2 Å². The van der Waals surface area contributed by atoms with Crippen LogP contribution in [-0.2, 0) is 10.0 Å². The Hall–Kier alpha value is -2.16. The Labute approximate surface area is 216 Å². The molecule has 0 spiro atoms. The van der Waals surface area contributed by atoms with E-state index in [1.54, 1.807) is 19.1 Å². The van der Waals surface area contributed by atoms with E-state index in [0.717, 1.165) is 39.8 Å². The standard InChI is InChI=1S/C26H31ClFN3O2S2/c1-16-9-10-20(13-24(16)35(32,33)31-21-11-12-23(28)22(27)14-21)25-18(3)30-26(34-25)29-15-17(2)19-7-5-4-6-8-19/h9-14,17,19,31H,4-8,15H2,1-3H3,(H,29,30)/t17-/m0/s1. The zero-order chi connectivity index (χ0) is 25.2. The first-order chi connectivity index (χ1) is 16.6. The van der Waals surface area contributed by atoms with E-state index in [0.29, 0.717) is 11.5 Å². The Morgan fingerprint density at radius 1 is 1.14 bits per heavy atom. The number of hydrogen-bond donors (Lipinski definition) is 2. The molecule has 3 aromatic rings. The van der Waals surface area contributed by atoms with Crippen molar-refractivity contribution < 1.29 is 12.8 Å². The summed E-state index contributed by atoms with van der Waals surface area (Å²) >= 11 is 7.35. The van der Waals surface area contributed by atoms with E-state index in [1.165, 1.54) is 55.6 Å². The summed E-state index contributed by atoms with van der Waals surface area (Å²) in [6, 6.07) is 9.10. The van der Waals surface area contributed by atoms with Crippen LogP contribution in [0, 0.1) is 31.5 Å². The predicted molar refractivity (Wildman–Crippen MR) is 143 cm³/mol. The van der Waals surface area contributed by atoms with Crippen LogP contribution in [0.25, 0.3) is 10.4 Å². The molecular weight excluding hydrogens is 505 g/mol. The molecule has 1 heterocycles. The van der Waals surface area contributed by atoms with E-state index >= 15 is 0 Å². The Balaban J connectivity index is 1.53. The highest BCUT2D eigenvalue weighted by atomic mass is 35.5. The van der Waals surface area contributed by atoms with Crippen molar-refractivity contribution in [2.24, 2.45) is 11.8 Å². The lowest BCUT2D eigenvalue weighted by Crippen LogP contribution is -2.22. The fraction of sp³-hybridized carbons (Fsp3) is 0.423. The highest BCUT2D eigenvalue weighted by molar-refractivity contribution is 7.92. The summed E-state index contributed by atoms with van der Waals surface area (Å²) in [5.41, 5.74) is 2.45. The fourth-order valence-electron chi connectivity index (χ4n) is 4.66. The number of aryl methyl sites for hydroxylation is 2. The van der Waals surface area contributed by atoms with Crippen LogP contribution in [0.1, 0.15) is 50.3 Å². The minimum absolute atomic E-state index is 0.145. The average Bonchev–Trinajstić information content (AvgIpc) is 3.21. The second-order valence-corrected chi connectivity index (χ2v) is 12.5. The van der Waals surface area contributed by atoms with Crippen molar-refractivity contribution in [3.63, 3.8) is 0 Å². The van der Waals surface area contributed by atoms with Gasteiger partial charge in [-0.2, -0.15) is 0 Å². The predicted octanol–water partition coefficient (Wildman–Crippen LogP) is 7.65. The van der Waals surface area contributed by atoms with Gasteiger partial charge in [0.2, 0.25) is 0 Å². The Morgan fingerprint density at radius 3 is 2.60 bits per heavy atom. The summed E-state index contributed by atoms with van der Waals surface area (Å²) in [7, 11) is -3.91. The van der Waals surface area contributed by atoms with E-state index < -0.39 is 15.8 Å². The topological polar surface area (TPSA) is 71.1 Å². The van der Waals surface area contributed by atoms with Gasteiger partial charge in [-0.1, -0.05) is 74.1 Å². The summed E-state index contributed by atoms with van der Waals surface area (Å²) in [5.74, 6) is 0.751. The number of halogens is 2. The molecule has 188 valence electrons. The monoisotopic (exact) mass is 535 g/mol. The Bertz CT molecular complexity index is 1300. The number of sulfonamides is 1. The van der Waals surface area contributed by atoms with Crippen LogP contribution < -0.4 is 10.0 Å². The summed E-state index contributed by atoms with van der Waals surface area (Å²) in [5, 5.41) is 4.21. The third kappa shape index (κ3) is 6.16. The molecule has 9 heteroatoms. The third-order valence-electron chi connectivity index (χ3n) is 6.74. The molecule has 0 aliphatic heterocycles. The van der Waals surface area contributed by atoms with E-state index in [2.05, 4.69) is 17.0 Å². The first-order valence-corrected chi connectivity index (χ1v) is 14.6. The molecule has 1 aromatic heterocycles. The van der Waals surface area contributed by atoms with Crippen molar-refractivity contribution in [2.45, 2.75) is 57.8 Å². The molecule has 35 heavy (non-hydrogen) atoms. The second-order valence-electron chi connectivity index (χ2n) is 9.40. The van der Waals surface area contributed by atoms with Gasteiger partial charge in [-0.3, -0.25) is 4.72 Å². The van der Waals surface area contributed by atoms with Gasteiger partial charge in [0, 0.05) is 6.54 Å². The first-order valence-electron chi connectivity index (χ1n) is 11.9. The second kappa shape index (κ2) is 10.8. The third-order valence-corrected chi connectivity index (χ3v) is 9.72. The summed E-state index contributed by atoms with van der Waals surface area (Å²) in [6.45, 7) is 6.88. The number of nitrogens with zero attached hydrogens (tertiary/aromatic N) is 1. The number of thiazole rings is 1. The lowest BCUT2D eigenvalue weighted by molar-refractivity contribution is 0.273. The van der Waals surface area contributed by atoms with Crippen molar-refractivity contribution >= 4 is 43.8 Å².